The molecule has 0 radical (unpaired) electrons. The predicted molar refractivity (Wildman–Crippen MR) is 116 cm³/mol. The highest BCUT2D eigenvalue weighted by atomic mass is 32.1. The maximum Gasteiger partial charge on any atom is 0.337 e. The normalized spacial score (nSPS) is 20.2. The fourth-order valence-electron chi connectivity index (χ4n) is 3.82. The van der Waals surface area contributed by atoms with Gasteiger partial charge in [0.15, 0.2) is 5.11 Å². The Labute approximate surface area is 176 Å². The third-order valence-corrected chi connectivity index (χ3v) is 5.99. The second-order valence-electron chi connectivity index (χ2n) is 7.49. The maximum absolute atomic E-state index is 12.4. The van der Waals surface area contributed by atoms with Crippen LogP contribution in [0.15, 0.2) is 35.5 Å². The molecule has 1 aliphatic carbocycles. The number of allylic oxidation sites excluding steroid dienone is 1. The van der Waals surface area contributed by atoms with Gasteiger partial charge in [0.05, 0.1) is 18.7 Å². The van der Waals surface area contributed by atoms with E-state index < -0.39 is 12.0 Å². The van der Waals surface area contributed by atoms with Gasteiger partial charge in [-0.1, -0.05) is 31.4 Å². The molecule has 2 aliphatic rings. The molecule has 0 saturated heterocycles. The Kier molecular flexibility index (Phi) is 6.74. The zero-order chi connectivity index (χ0) is 21.0. The fourth-order valence-corrected chi connectivity index (χ4v) is 4.07. The smallest absolute Gasteiger partial charge is 0.337 e. The summed E-state index contributed by atoms with van der Waals surface area (Å²) in [5.41, 5.74) is 2.82. The number of amides is 2. The lowest BCUT2D eigenvalue weighted by atomic mass is 9.95. The van der Waals surface area contributed by atoms with E-state index in [1.165, 1.54) is 26.4 Å². The van der Waals surface area contributed by atoms with Crippen LogP contribution in [0.5, 0.6) is 0 Å². The zero-order valence-electron chi connectivity index (χ0n) is 17.1. The Bertz CT molecular complexity index is 816. The van der Waals surface area contributed by atoms with E-state index in [2.05, 4.69) is 16.0 Å². The Hall–Kier alpha value is -2.61. The van der Waals surface area contributed by atoms with Crippen molar-refractivity contribution >= 4 is 35.0 Å². The minimum Gasteiger partial charge on any atom is -0.466 e. The van der Waals surface area contributed by atoms with Crippen molar-refractivity contribution < 1.29 is 14.3 Å². The van der Waals surface area contributed by atoms with Gasteiger partial charge in [0, 0.05) is 24.5 Å². The summed E-state index contributed by atoms with van der Waals surface area (Å²) in [7, 11) is 3.17. The minimum absolute atomic E-state index is 0.186. The number of thiocarbonyl (C=S) groups is 1. The van der Waals surface area contributed by atoms with Gasteiger partial charge in [-0.3, -0.25) is 0 Å². The SMILES string of the molecule is COC(=O)C1=C(C)N(C)C(=S)N[C@H]1c1ccc(NC(=O)NC2CCCCC2)cc1. The first-order chi connectivity index (χ1) is 13.9. The number of carbonyl (C=O) groups excluding carboxylic acids is 2. The highest BCUT2D eigenvalue weighted by Crippen LogP contribution is 2.31. The molecule has 8 heteroatoms. The molecule has 1 aromatic carbocycles. The summed E-state index contributed by atoms with van der Waals surface area (Å²) in [6.45, 7) is 1.85. The number of esters is 1. The molecule has 3 rings (SSSR count). The molecule has 0 aromatic heterocycles. The fraction of sp³-hybridized carbons (Fsp3) is 0.476. The standard InChI is InChI=1S/C21H28N4O3S/c1-13-17(19(26)28-3)18(24-21(29)25(13)2)14-9-11-16(12-10-14)23-20(27)22-15-7-5-4-6-8-15/h9-12,15,18H,4-8H2,1-3H3,(H,24,29)(H2,22,23,27)/t18-/m0/s1. The number of hydrogen-bond acceptors (Lipinski definition) is 4. The number of carbonyl (C=O) groups is 2. The van der Waals surface area contributed by atoms with Gasteiger partial charge in [-0.25, -0.2) is 9.59 Å². The summed E-state index contributed by atoms with van der Waals surface area (Å²) >= 11 is 5.38. The van der Waals surface area contributed by atoms with Crippen molar-refractivity contribution in [3.05, 3.63) is 41.1 Å². The third-order valence-electron chi connectivity index (χ3n) is 5.60. The van der Waals surface area contributed by atoms with Gasteiger partial charge in [0.1, 0.15) is 0 Å². The van der Waals surface area contributed by atoms with Crippen LogP contribution in [0.2, 0.25) is 0 Å². The lowest BCUT2D eigenvalue weighted by Crippen LogP contribution is -2.46. The molecule has 0 unspecified atom stereocenters. The number of benzene rings is 1. The first-order valence-corrected chi connectivity index (χ1v) is 10.3. The summed E-state index contributed by atoms with van der Waals surface area (Å²) < 4.78 is 4.97. The lowest BCUT2D eigenvalue weighted by molar-refractivity contribution is -0.136. The molecule has 1 fully saturated rings. The zero-order valence-corrected chi connectivity index (χ0v) is 17.9. The average molecular weight is 417 g/mol. The maximum atomic E-state index is 12.4. The molecule has 1 saturated carbocycles. The number of nitrogens with one attached hydrogen (secondary N) is 3. The largest absolute Gasteiger partial charge is 0.466 e. The Morgan fingerprint density at radius 3 is 2.45 bits per heavy atom. The van der Waals surface area contributed by atoms with E-state index in [1.54, 1.807) is 4.90 Å². The number of ether oxygens (including phenoxy) is 1. The molecule has 29 heavy (non-hydrogen) atoms. The van der Waals surface area contributed by atoms with Crippen molar-refractivity contribution in [1.82, 2.24) is 15.5 Å². The molecule has 0 spiro atoms. The number of methoxy groups -OCH3 is 1. The van der Waals surface area contributed by atoms with Gasteiger partial charge in [0.2, 0.25) is 0 Å². The molecule has 1 atom stereocenters. The first-order valence-electron chi connectivity index (χ1n) is 9.91. The molecule has 7 nitrogen and oxygen atoms in total. The average Bonchev–Trinajstić information content (AvgIpc) is 2.72. The molecule has 1 aliphatic heterocycles. The van der Waals surface area contributed by atoms with Gasteiger partial charge in [-0.05, 0) is 49.7 Å². The van der Waals surface area contributed by atoms with Crippen molar-refractivity contribution in [2.45, 2.75) is 51.1 Å². The van der Waals surface area contributed by atoms with E-state index >= 15 is 0 Å². The van der Waals surface area contributed by atoms with E-state index in [-0.39, 0.29) is 12.1 Å². The number of rotatable bonds is 4. The number of hydrogen-bond donors (Lipinski definition) is 3. The highest BCUT2D eigenvalue weighted by Gasteiger charge is 2.33. The van der Waals surface area contributed by atoms with E-state index in [0.29, 0.717) is 16.4 Å². The van der Waals surface area contributed by atoms with Crippen molar-refractivity contribution in [2.24, 2.45) is 0 Å². The molecule has 1 heterocycles. The number of nitrogens with zero attached hydrogens (tertiary/aromatic N) is 1. The Morgan fingerprint density at radius 1 is 1.17 bits per heavy atom. The lowest BCUT2D eigenvalue weighted by Gasteiger charge is -2.35. The van der Waals surface area contributed by atoms with Gasteiger partial charge < -0.3 is 25.6 Å². The van der Waals surface area contributed by atoms with Crippen LogP contribution in [-0.2, 0) is 9.53 Å². The topological polar surface area (TPSA) is 82.7 Å². The van der Waals surface area contributed by atoms with Crippen LogP contribution in [0, 0.1) is 0 Å². The first kappa shape index (κ1) is 21.1. The Morgan fingerprint density at radius 2 is 1.83 bits per heavy atom. The minimum atomic E-state index is -0.406. The van der Waals surface area contributed by atoms with Crippen molar-refractivity contribution in [1.29, 1.82) is 0 Å². The molecule has 156 valence electrons. The summed E-state index contributed by atoms with van der Waals surface area (Å²) in [6, 6.07) is 7.05. The monoisotopic (exact) mass is 416 g/mol. The molecule has 0 bridgehead atoms. The van der Waals surface area contributed by atoms with Crippen molar-refractivity contribution in [3.63, 3.8) is 0 Å². The van der Waals surface area contributed by atoms with Crippen LogP contribution in [0.3, 0.4) is 0 Å². The second-order valence-corrected chi connectivity index (χ2v) is 7.87. The van der Waals surface area contributed by atoms with E-state index in [1.807, 2.05) is 38.2 Å². The van der Waals surface area contributed by atoms with Crippen LogP contribution in [0.25, 0.3) is 0 Å². The summed E-state index contributed by atoms with van der Waals surface area (Å²) in [5.74, 6) is -0.400. The molecule has 2 amide bonds. The van der Waals surface area contributed by atoms with Crippen molar-refractivity contribution in [2.75, 3.05) is 19.5 Å². The predicted octanol–water partition coefficient (Wildman–Crippen LogP) is 3.45. The van der Waals surface area contributed by atoms with E-state index in [0.717, 1.165) is 24.1 Å². The number of urea groups is 1. The van der Waals surface area contributed by atoms with Gasteiger partial charge in [-0.15, -0.1) is 0 Å². The molecular weight excluding hydrogens is 388 g/mol. The molecular formula is C21H28N4O3S. The van der Waals surface area contributed by atoms with E-state index in [4.69, 9.17) is 17.0 Å². The number of anilines is 1. The van der Waals surface area contributed by atoms with Crippen LogP contribution >= 0.6 is 12.2 Å². The highest BCUT2D eigenvalue weighted by molar-refractivity contribution is 7.80. The van der Waals surface area contributed by atoms with Gasteiger partial charge in [-0.2, -0.15) is 0 Å². The van der Waals surface area contributed by atoms with Gasteiger partial charge in [0.25, 0.3) is 0 Å². The molecule has 1 aromatic rings. The quantitative estimate of drug-likeness (QED) is 0.515. The van der Waals surface area contributed by atoms with Crippen LogP contribution in [0.1, 0.15) is 50.6 Å². The molecule has 3 N–H and O–H groups in total. The summed E-state index contributed by atoms with van der Waals surface area (Å²) in [5, 5.41) is 9.65. The van der Waals surface area contributed by atoms with Crippen molar-refractivity contribution in [3.8, 4) is 0 Å². The van der Waals surface area contributed by atoms with Crippen LogP contribution in [0.4, 0.5) is 10.5 Å². The Balaban J connectivity index is 1.72. The summed E-state index contributed by atoms with van der Waals surface area (Å²) in [6.07, 6.45) is 5.66. The summed E-state index contributed by atoms with van der Waals surface area (Å²) in [4.78, 5) is 26.4. The van der Waals surface area contributed by atoms with Gasteiger partial charge >= 0.3 is 12.0 Å². The second kappa shape index (κ2) is 9.26. The third kappa shape index (κ3) is 4.87. The van der Waals surface area contributed by atoms with Crippen LogP contribution in [-0.4, -0.2) is 42.2 Å². The van der Waals surface area contributed by atoms with Crippen LogP contribution < -0.4 is 16.0 Å². The van der Waals surface area contributed by atoms with E-state index in [9.17, 15) is 9.59 Å².